The first-order chi connectivity index (χ1) is 20.2. The largest absolute Gasteiger partial charge is 0.494 e. The normalized spacial score (nSPS) is 11.2. The van der Waals surface area contributed by atoms with Crippen molar-refractivity contribution in [3.05, 3.63) is 95.2 Å². The van der Waals surface area contributed by atoms with Crippen molar-refractivity contribution in [1.29, 1.82) is 0 Å². The highest BCUT2D eigenvalue weighted by atomic mass is 19.2. The van der Waals surface area contributed by atoms with Crippen LogP contribution in [-0.4, -0.2) is 45.7 Å². The number of carbonyl (C=O) groups excluding carboxylic acids is 1. The number of fused-ring (bicyclic) bond motifs is 1. The van der Waals surface area contributed by atoms with E-state index in [4.69, 9.17) is 14.6 Å². The number of aromatic nitrogens is 1. The number of hydrogen-bond acceptors (Lipinski definition) is 5. The maximum Gasteiger partial charge on any atom is 0.323 e. The topological polar surface area (TPSA) is 115 Å². The van der Waals surface area contributed by atoms with Crippen LogP contribution < -0.4 is 9.47 Å². The minimum Gasteiger partial charge on any atom is -0.494 e. The van der Waals surface area contributed by atoms with E-state index in [1.807, 2.05) is 42.5 Å². The van der Waals surface area contributed by atoms with Gasteiger partial charge < -0.3 is 24.3 Å². The number of hydrogen-bond donors (Lipinski definition) is 2. The van der Waals surface area contributed by atoms with Gasteiger partial charge in [0.2, 0.25) is 5.82 Å². The van der Waals surface area contributed by atoms with E-state index in [2.05, 4.69) is 0 Å². The number of carboxylic acids is 2. The Kier molecular flexibility index (Phi) is 10.0. The van der Waals surface area contributed by atoms with E-state index in [-0.39, 0.29) is 43.1 Å². The van der Waals surface area contributed by atoms with Crippen LogP contribution in [0.5, 0.6) is 11.5 Å². The highest BCUT2D eigenvalue weighted by Crippen LogP contribution is 2.28. The van der Waals surface area contributed by atoms with Gasteiger partial charge in [-0.1, -0.05) is 48.6 Å². The quantitative estimate of drug-likeness (QED) is 0.0947. The summed E-state index contributed by atoms with van der Waals surface area (Å²) in [6.45, 7) is 0.293. The maximum absolute atomic E-state index is 13.6. The number of carboxylic acid groups (broad SMARTS) is 2. The highest BCUT2D eigenvalue weighted by molar-refractivity contribution is 6.10. The molecule has 0 spiro atoms. The van der Waals surface area contributed by atoms with E-state index in [0.717, 1.165) is 11.6 Å². The molecule has 1 heterocycles. The standard InChI is InChI=1S/C32H29F2NO7/c33-26-7-4-8-28(31(26)34)42-18-2-1-17-41-23-13-10-21(11-14-23)9-12-22-5-3-6-24-25(27(36)15-16-29(37)38)19-35(32(22)24)20-30(39)40/h3-14,19H,1-2,15-18,20H2,(H,37,38)(H,39,40)/b12-9+. The molecule has 0 bridgehead atoms. The van der Waals surface area contributed by atoms with Gasteiger partial charge in [-0.15, -0.1) is 0 Å². The Morgan fingerprint density at radius 3 is 2.24 bits per heavy atom. The zero-order valence-corrected chi connectivity index (χ0v) is 22.6. The SMILES string of the molecule is O=C(O)CCC(=O)c1cn(CC(=O)O)c2c(/C=C/c3ccc(OCCCCOc4cccc(F)c4F)cc3)cccc12. The van der Waals surface area contributed by atoms with Gasteiger partial charge in [0, 0.05) is 23.6 Å². The summed E-state index contributed by atoms with van der Waals surface area (Å²) in [6, 6.07) is 16.4. The first kappa shape index (κ1) is 30.0. The molecule has 0 atom stereocenters. The average molecular weight is 578 g/mol. The number of unbranched alkanes of at least 4 members (excludes halogenated alkanes) is 1. The fourth-order valence-corrected chi connectivity index (χ4v) is 4.40. The van der Waals surface area contributed by atoms with Gasteiger partial charge in [-0.2, -0.15) is 4.39 Å². The Balaban J connectivity index is 1.37. The number of ether oxygens (including phenoxy) is 2. The summed E-state index contributed by atoms with van der Waals surface area (Å²) in [5, 5.41) is 18.9. The first-order valence-electron chi connectivity index (χ1n) is 13.3. The van der Waals surface area contributed by atoms with E-state index in [1.165, 1.54) is 22.9 Å². The van der Waals surface area contributed by atoms with Crippen molar-refractivity contribution in [2.24, 2.45) is 0 Å². The molecule has 0 radical (unpaired) electrons. The zero-order chi connectivity index (χ0) is 30.1. The lowest BCUT2D eigenvalue weighted by atomic mass is 10.0. The van der Waals surface area contributed by atoms with Crippen LogP contribution in [0, 0.1) is 11.6 Å². The number of halogens is 2. The number of benzene rings is 3. The Morgan fingerprint density at radius 1 is 0.810 bits per heavy atom. The second kappa shape index (κ2) is 14.1. The van der Waals surface area contributed by atoms with Gasteiger partial charge in [-0.3, -0.25) is 14.4 Å². The predicted octanol–water partition coefficient (Wildman–Crippen LogP) is 6.46. The summed E-state index contributed by atoms with van der Waals surface area (Å²) >= 11 is 0. The summed E-state index contributed by atoms with van der Waals surface area (Å²) in [7, 11) is 0. The summed E-state index contributed by atoms with van der Waals surface area (Å²) < 4.78 is 39.4. The van der Waals surface area contributed by atoms with Crippen molar-refractivity contribution >= 4 is 40.8 Å². The molecule has 0 fully saturated rings. The number of Topliss-reactive ketones (excluding diaryl/α,β-unsaturated/α-hetero) is 1. The molecule has 0 saturated heterocycles. The Bertz CT molecular complexity index is 1610. The molecule has 8 nitrogen and oxygen atoms in total. The molecule has 0 unspecified atom stereocenters. The van der Waals surface area contributed by atoms with E-state index in [1.54, 1.807) is 12.1 Å². The molecule has 4 aromatic rings. The van der Waals surface area contributed by atoms with Gasteiger partial charge in [0.1, 0.15) is 12.3 Å². The van der Waals surface area contributed by atoms with Gasteiger partial charge >= 0.3 is 11.9 Å². The number of aliphatic carboxylic acids is 2. The van der Waals surface area contributed by atoms with Crippen molar-refractivity contribution in [3.63, 3.8) is 0 Å². The van der Waals surface area contributed by atoms with Crippen molar-refractivity contribution in [1.82, 2.24) is 4.57 Å². The summed E-state index contributed by atoms with van der Waals surface area (Å²) in [5.74, 6) is -3.92. The molecule has 10 heteroatoms. The van der Waals surface area contributed by atoms with Crippen LogP contribution in [0.2, 0.25) is 0 Å². The molecule has 0 aliphatic carbocycles. The van der Waals surface area contributed by atoms with Crippen molar-refractivity contribution in [2.45, 2.75) is 32.2 Å². The third-order valence-electron chi connectivity index (χ3n) is 6.42. The lowest BCUT2D eigenvalue weighted by Crippen LogP contribution is -2.08. The second-order valence-electron chi connectivity index (χ2n) is 9.48. The third-order valence-corrected chi connectivity index (χ3v) is 6.42. The van der Waals surface area contributed by atoms with Gasteiger partial charge in [-0.05, 0) is 48.2 Å². The molecule has 0 saturated carbocycles. The van der Waals surface area contributed by atoms with Crippen LogP contribution in [-0.2, 0) is 16.1 Å². The average Bonchev–Trinajstić information content (AvgIpc) is 3.33. The monoisotopic (exact) mass is 577 g/mol. The fraction of sp³-hybridized carbons (Fsp3) is 0.219. The first-order valence-corrected chi connectivity index (χ1v) is 13.3. The Labute approximate surface area is 240 Å². The predicted molar refractivity (Wildman–Crippen MR) is 153 cm³/mol. The van der Waals surface area contributed by atoms with E-state index in [0.29, 0.717) is 41.7 Å². The van der Waals surface area contributed by atoms with Crippen LogP contribution in [0.3, 0.4) is 0 Å². The van der Waals surface area contributed by atoms with Gasteiger partial charge in [0.25, 0.3) is 0 Å². The minimum absolute atomic E-state index is 0.115. The van der Waals surface area contributed by atoms with E-state index < -0.39 is 23.6 Å². The van der Waals surface area contributed by atoms with Crippen molar-refractivity contribution < 1.29 is 42.9 Å². The molecule has 0 aliphatic rings. The third kappa shape index (κ3) is 7.81. The van der Waals surface area contributed by atoms with Crippen molar-refractivity contribution in [3.8, 4) is 11.5 Å². The van der Waals surface area contributed by atoms with Crippen LogP contribution in [0.4, 0.5) is 8.78 Å². The summed E-state index contributed by atoms with van der Waals surface area (Å²) in [4.78, 5) is 35.1. The molecule has 3 aromatic carbocycles. The zero-order valence-electron chi connectivity index (χ0n) is 22.6. The highest BCUT2D eigenvalue weighted by Gasteiger charge is 2.18. The molecule has 42 heavy (non-hydrogen) atoms. The summed E-state index contributed by atoms with van der Waals surface area (Å²) in [6.07, 6.45) is 5.90. The molecule has 1 aromatic heterocycles. The number of para-hydroxylation sites is 1. The Morgan fingerprint density at radius 2 is 1.52 bits per heavy atom. The van der Waals surface area contributed by atoms with E-state index >= 15 is 0 Å². The number of nitrogens with zero attached hydrogens (tertiary/aromatic N) is 1. The number of rotatable bonds is 15. The molecular weight excluding hydrogens is 548 g/mol. The van der Waals surface area contributed by atoms with Gasteiger partial charge in [-0.25, -0.2) is 4.39 Å². The van der Waals surface area contributed by atoms with E-state index in [9.17, 15) is 28.3 Å². The Hall–Kier alpha value is -4.99. The number of carbonyl (C=O) groups is 3. The second-order valence-corrected chi connectivity index (χ2v) is 9.48. The van der Waals surface area contributed by atoms with Crippen LogP contribution >= 0.6 is 0 Å². The van der Waals surface area contributed by atoms with Gasteiger partial charge in [0.15, 0.2) is 17.3 Å². The van der Waals surface area contributed by atoms with Crippen LogP contribution in [0.25, 0.3) is 23.1 Å². The van der Waals surface area contributed by atoms with Crippen LogP contribution in [0.1, 0.15) is 47.2 Å². The van der Waals surface area contributed by atoms with Gasteiger partial charge in [0.05, 0.1) is 25.2 Å². The maximum atomic E-state index is 13.6. The lowest BCUT2D eigenvalue weighted by Gasteiger charge is -2.09. The van der Waals surface area contributed by atoms with Crippen molar-refractivity contribution in [2.75, 3.05) is 13.2 Å². The summed E-state index contributed by atoms with van der Waals surface area (Å²) in [5.41, 5.74) is 2.42. The smallest absolute Gasteiger partial charge is 0.323 e. The number of ketones is 1. The molecular formula is C32H29F2NO7. The molecule has 218 valence electrons. The minimum atomic E-state index is -1.08. The molecule has 4 rings (SSSR count). The molecule has 0 amide bonds. The lowest BCUT2D eigenvalue weighted by molar-refractivity contribution is -0.138. The molecule has 2 N–H and O–H groups in total. The van der Waals surface area contributed by atoms with Crippen LogP contribution in [0.15, 0.2) is 66.9 Å². The molecule has 0 aliphatic heterocycles. The fourth-order valence-electron chi connectivity index (χ4n) is 4.40.